The monoisotopic (exact) mass is 557 g/mol. The van der Waals surface area contributed by atoms with Gasteiger partial charge in [0.25, 0.3) is 0 Å². The van der Waals surface area contributed by atoms with Crippen molar-refractivity contribution in [3.05, 3.63) is 83.9 Å². The lowest BCUT2D eigenvalue weighted by molar-refractivity contribution is -0.137. The summed E-state index contributed by atoms with van der Waals surface area (Å²) in [5.41, 5.74) is -0.558. The normalized spacial score (nSPS) is 12.6. The molecule has 3 rings (SSSR count). The van der Waals surface area contributed by atoms with Gasteiger partial charge in [-0.3, -0.25) is 0 Å². The summed E-state index contributed by atoms with van der Waals surface area (Å²) in [5.74, 6) is 0.410. The maximum Gasteiger partial charge on any atom is 0.416 e. The minimum atomic E-state index is -4.71. The lowest BCUT2D eigenvalue weighted by Gasteiger charge is -2.24. The van der Waals surface area contributed by atoms with E-state index in [-0.39, 0.29) is 29.7 Å². The van der Waals surface area contributed by atoms with Crippen molar-refractivity contribution in [2.45, 2.75) is 36.4 Å². The molecule has 0 N–H and O–H groups in total. The van der Waals surface area contributed by atoms with Gasteiger partial charge >= 0.3 is 16.3 Å². The molecule has 37 heavy (non-hydrogen) atoms. The van der Waals surface area contributed by atoms with Gasteiger partial charge in [0.1, 0.15) is 16.4 Å². The fourth-order valence-electron chi connectivity index (χ4n) is 3.41. The van der Waals surface area contributed by atoms with Crippen LogP contribution in [-0.2, 0) is 32.9 Å². The number of rotatable bonds is 10. The Hall–Kier alpha value is -3.09. The number of benzene rings is 3. The van der Waals surface area contributed by atoms with E-state index in [9.17, 15) is 30.0 Å². The van der Waals surface area contributed by atoms with Gasteiger partial charge in [0.15, 0.2) is 0 Å². The molecular formula is C25H26F3NO6S2. The summed E-state index contributed by atoms with van der Waals surface area (Å²) in [4.78, 5) is -0.541. The van der Waals surface area contributed by atoms with Crippen molar-refractivity contribution >= 4 is 20.1 Å². The predicted octanol–water partition coefficient (Wildman–Crippen LogP) is 5.33. The molecule has 0 heterocycles. The number of ether oxygens (including phenoxy) is 1. The van der Waals surface area contributed by atoms with Crippen molar-refractivity contribution in [3.8, 4) is 11.5 Å². The van der Waals surface area contributed by atoms with Crippen LogP contribution in [0.3, 0.4) is 0 Å². The summed E-state index contributed by atoms with van der Waals surface area (Å²) in [6, 6.07) is 14.9. The zero-order valence-electron chi connectivity index (χ0n) is 20.3. The average molecular weight is 558 g/mol. The molecule has 0 unspecified atom stereocenters. The molecular weight excluding hydrogens is 531 g/mol. The number of hydrogen-bond donors (Lipinski definition) is 0. The Morgan fingerprint density at radius 2 is 1.43 bits per heavy atom. The van der Waals surface area contributed by atoms with Gasteiger partial charge in [-0.2, -0.15) is 25.9 Å². The molecule has 0 bridgehead atoms. The lowest BCUT2D eigenvalue weighted by atomic mass is 10.2. The first-order valence-corrected chi connectivity index (χ1v) is 13.9. The molecule has 12 heteroatoms. The third kappa shape index (κ3) is 7.24. The quantitative estimate of drug-likeness (QED) is 0.313. The van der Waals surface area contributed by atoms with E-state index >= 15 is 0 Å². The van der Waals surface area contributed by atoms with Crippen LogP contribution in [0.4, 0.5) is 13.2 Å². The zero-order chi connectivity index (χ0) is 27.4. The minimum Gasteiger partial charge on any atom is -0.497 e. The second-order valence-electron chi connectivity index (χ2n) is 8.57. The van der Waals surface area contributed by atoms with E-state index in [2.05, 4.69) is 0 Å². The van der Waals surface area contributed by atoms with Crippen molar-refractivity contribution in [3.63, 3.8) is 0 Å². The fourth-order valence-corrected chi connectivity index (χ4v) is 5.98. The molecule has 0 aromatic heterocycles. The highest BCUT2D eigenvalue weighted by Gasteiger charge is 2.32. The van der Waals surface area contributed by atoms with Gasteiger partial charge in [-0.05, 0) is 66.1 Å². The van der Waals surface area contributed by atoms with Gasteiger partial charge in [-0.25, -0.2) is 8.42 Å². The minimum absolute atomic E-state index is 0.00714. The lowest BCUT2D eigenvalue weighted by Crippen LogP contribution is -2.33. The summed E-state index contributed by atoms with van der Waals surface area (Å²) in [7, 11) is -6.90. The van der Waals surface area contributed by atoms with E-state index in [1.165, 1.54) is 47.8 Å². The molecule has 0 amide bonds. The molecule has 0 fully saturated rings. The van der Waals surface area contributed by atoms with Crippen LogP contribution in [0.5, 0.6) is 11.5 Å². The van der Waals surface area contributed by atoms with Gasteiger partial charge < -0.3 is 8.92 Å². The first-order valence-electron chi connectivity index (χ1n) is 11.1. The molecule has 200 valence electrons. The molecule has 0 atom stereocenters. The van der Waals surface area contributed by atoms with Crippen molar-refractivity contribution in [2.75, 3.05) is 13.7 Å². The molecule has 3 aromatic rings. The Labute approximate surface area is 214 Å². The van der Waals surface area contributed by atoms with Crippen molar-refractivity contribution < 1.29 is 38.9 Å². The number of sulfonamides is 1. The summed E-state index contributed by atoms with van der Waals surface area (Å²) in [6.07, 6.45) is -4.71. The van der Waals surface area contributed by atoms with Gasteiger partial charge in [-0.15, -0.1) is 0 Å². The van der Waals surface area contributed by atoms with E-state index in [4.69, 9.17) is 8.92 Å². The molecule has 0 saturated carbocycles. The molecule has 3 aromatic carbocycles. The predicted molar refractivity (Wildman–Crippen MR) is 131 cm³/mol. The summed E-state index contributed by atoms with van der Waals surface area (Å²) in [6.45, 7) is 4.00. The maximum atomic E-state index is 13.3. The molecule has 0 aliphatic heterocycles. The van der Waals surface area contributed by atoms with Gasteiger partial charge in [0, 0.05) is 13.1 Å². The van der Waals surface area contributed by atoms with Crippen molar-refractivity contribution in [1.82, 2.24) is 4.31 Å². The van der Waals surface area contributed by atoms with E-state index in [0.717, 1.165) is 18.2 Å². The van der Waals surface area contributed by atoms with Gasteiger partial charge in [0.05, 0.1) is 17.6 Å². The van der Waals surface area contributed by atoms with Gasteiger partial charge in [-0.1, -0.05) is 32.0 Å². The summed E-state index contributed by atoms with van der Waals surface area (Å²) >= 11 is 0. The van der Waals surface area contributed by atoms with E-state index in [1.807, 2.05) is 13.8 Å². The molecule has 0 aliphatic rings. The van der Waals surface area contributed by atoms with Crippen LogP contribution in [0.25, 0.3) is 0 Å². The standard InChI is InChI=1S/C25H26F3NO6S2/c1-18(2)16-29(36(30,31)23-13-11-21(34-3)12-14-23)17-19-7-9-22(10-8-19)35-37(32,33)24-6-4-5-20(15-24)25(26,27)28/h4-15,18H,16-17H2,1-3H3. The molecule has 0 radical (unpaired) electrons. The van der Waals surface area contributed by atoms with Crippen LogP contribution in [-0.4, -0.2) is 34.8 Å². The van der Waals surface area contributed by atoms with Crippen LogP contribution in [0.1, 0.15) is 25.0 Å². The van der Waals surface area contributed by atoms with Crippen LogP contribution < -0.4 is 8.92 Å². The van der Waals surface area contributed by atoms with Crippen molar-refractivity contribution in [2.24, 2.45) is 5.92 Å². The first-order chi connectivity index (χ1) is 17.2. The number of hydrogen-bond acceptors (Lipinski definition) is 6. The second-order valence-corrected chi connectivity index (χ2v) is 12.1. The second kappa shape index (κ2) is 11.1. The van der Waals surface area contributed by atoms with Crippen molar-refractivity contribution in [1.29, 1.82) is 0 Å². The Bertz CT molecular complexity index is 1420. The van der Waals surface area contributed by atoms with E-state index in [1.54, 1.807) is 12.1 Å². The summed E-state index contributed by atoms with van der Waals surface area (Å²) < 4.78 is 102. The zero-order valence-corrected chi connectivity index (χ0v) is 21.9. The Kier molecular flexibility index (Phi) is 8.56. The highest BCUT2D eigenvalue weighted by molar-refractivity contribution is 7.89. The fraction of sp³-hybridized carbons (Fsp3) is 0.280. The van der Waals surface area contributed by atoms with E-state index < -0.39 is 36.8 Å². The SMILES string of the molecule is COc1ccc(S(=O)(=O)N(Cc2ccc(OS(=O)(=O)c3cccc(C(F)(F)F)c3)cc2)CC(C)C)cc1. The molecule has 0 spiro atoms. The largest absolute Gasteiger partial charge is 0.497 e. The van der Waals surface area contributed by atoms with E-state index in [0.29, 0.717) is 17.4 Å². The van der Waals surface area contributed by atoms with Crippen LogP contribution in [0, 0.1) is 5.92 Å². The molecule has 0 aliphatic carbocycles. The number of alkyl halides is 3. The van der Waals surface area contributed by atoms with Crippen LogP contribution in [0.2, 0.25) is 0 Å². The Morgan fingerprint density at radius 3 is 1.97 bits per heavy atom. The van der Waals surface area contributed by atoms with Gasteiger partial charge in [0.2, 0.25) is 10.0 Å². The highest BCUT2D eigenvalue weighted by Crippen LogP contribution is 2.31. The smallest absolute Gasteiger partial charge is 0.416 e. The Morgan fingerprint density at radius 1 is 0.838 bits per heavy atom. The first kappa shape index (κ1) is 28.5. The number of methoxy groups -OCH3 is 1. The molecule has 7 nitrogen and oxygen atoms in total. The third-order valence-electron chi connectivity index (χ3n) is 5.20. The third-order valence-corrected chi connectivity index (χ3v) is 8.27. The number of nitrogens with zero attached hydrogens (tertiary/aromatic N) is 1. The maximum absolute atomic E-state index is 13.3. The topological polar surface area (TPSA) is 90.0 Å². The van der Waals surface area contributed by atoms with Crippen LogP contribution >= 0.6 is 0 Å². The Balaban J connectivity index is 1.80. The molecule has 0 saturated heterocycles. The van der Waals surface area contributed by atoms with Crippen LogP contribution in [0.15, 0.2) is 82.6 Å². The summed E-state index contributed by atoms with van der Waals surface area (Å²) in [5, 5.41) is 0. The average Bonchev–Trinajstić information content (AvgIpc) is 2.84. The number of halogens is 3. The highest BCUT2D eigenvalue weighted by atomic mass is 32.2.